The number of ether oxygens (including phenoxy) is 1. The van der Waals surface area contributed by atoms with E-state index >= 15 is 0 Å². The van der Waals surface area contributed by atoms with Crippen LogP contribution in [-0.4, -0.2) is 30.0 Å². The number of hydrogen-bond donors (Lipinski definition) is 2. The molecule has 6 nitrogen and oxygen atoms in total. The number of azide groups is 1. The van der Waals surface area contributed by atoms with Crippen molar-refractivity contribution in [1.29, 1.82) is 0 Å². The maximum absolute atomic E-state index is 9.96. The average Bonchev–Trinajstić information content (AvgIpc) is 2.38. The molecule has 2 unspecified atom stereocenters. The van der Waals surface area contributed by atoms with Crippen molar-refractivity contribution in [2.75, 3.05) is 13.7 Å². The lowest BCUT2D eigenvalue weighted by Crippen LogP contribution is -2.19. The molecule has 0 aromatic heterocycles. The molecule has 0 fully saturated rings. The van der Waals surface area contributed by atoms with Crippen LogP contribution < -0.4 is 4.74 Å². The largest absolute Gasteiger partial charge is 0.497 e. The smallest absolute Gasteiger partial charge is 0.119 e. The van der Waals surface area contributed by atoms with Crippen LogP contribution in [0.2, 0.25) is 5.02 Å². The first-order valence-corrected chi connectivity index (χ1v) is 5.68. The van der Waals surface area contributed by atoms with Gasteiger partial charge in [0.25, 0.3) is 0 Å². The van der Waals surface area contributed by atoms with Gasteiger partial charge in [0.15, 0.2) is 0 Å². The standard InChI is InChI=1S/C11H14ClN3O3/c1-18-7-2-3-9(12)8(6-7)11(17)10(16)4-5-14-15-13/h2-3,6,10-11,16-17H,4-5H2,1H3. The topological polar surface area (TPSA) is 98.5 Å². The molecule has 0 amide bonds. The van der Waals surface area contributed by atoms with Crippen LogP contribution in [0.25, 0.3) is 10.4 Å². The predicted octanol–water partition coefficient (Wildman–Crippen LogP) is 2.44. The molecule has 0 aliphatic rings. The fraction of sp³-hybridized carbons (Fsp3) is 0.455. The fourth-order valence-corrected chi connectivity index (χ4v) is 1.70. The van der Waals surface area contributed by atoms with Crippen molar-refractivity contribution in [2.45, 2.75) is 18.6 Å². The number of hydrogen-bond acceptors (Lipinski definition) is 4. The molecule has 98 valence electrons. The quantitative estimate of drug-likeness (QED) is 0.472. The zero-order chi connectivity index (χ0) is 13.5. The van der Waals surface area contributed by atoms with E-state index in [-0.39, 0.29) is 13.0 Å². The van der Waals surface area contributed by atoms with Crippen molar-refractivity contribution >= 4 is 11.6 Å². The molecule has 0 saturated heterocycles. The molecule has 1 aromatic rings. The zero-order valence-electron chi connectivity index (χ0n) is 9.82. The van der Waals surface area contributed by atoms with Gasteiger partial charge in [-0.05, 0) is 30.2 Å². The number of nitrogens with zero attached hydrogens (tertiary/aromatic N) is 3. The van der Waals surface area contributed by atoms with Crippen LogP contribution in [-0.2, 0) is 0 Å². The highest BCUT2D eigenvalue weighted by atomic mass is 35.5. The molecule has 0 radical (unpaired) electrons. The Hall–Kier alpha value is -1.46. The SMILES string of the molecule is COc1ccc(Cl)c(C(O)C(O)CCN=[N+]=[N-])c1. The molecule has 0 aliphatic heterocycles. The number of halogens is 1. The van der Waals surface area contributed by atoms with Gasteiger partial charge in [-0.25, -0.2) is 0 Å². The van der Waals surface area contributed by atoms with E-state index in [4.69, 9.17) is 21.9 Å². The highest BCUT2D eigenvalue weighted by Crippen LogP contribution is 2.29. The maximum atomic E-state index is 9.96. The number of rotatable bonds is 6. The molecule has 0 aliphatic carbocycles. The lowest BCUT2D eigenvalue weighted by Gasteiger charge is -2.19. The van der Waals surface area contributed by atoms with Gasteiger partial charge in [-0.15, -0.1) is 0 Å². The summed E-state index contributed by atoms with van der Waals surface area (Å²) in [7, 11) is 1.50. The van der Waals surface area contributed by atoms with E-state index in [1.807, 2.05) is 0 Å². The molecule has 2 atom stereocenters. The van der Waals surface area contributed by atoms with E-state index in [9.17, 15) is 10.2 Å². The Morgan fingerprint density at radius 3 is 2.83 bits per heavy atom. The van der Waals surface area contributed by atoms with Gasteiger partial charge in [-0.3, -0.25) is 0 Å². The summed E-state index contributed by atoms with van der Waals surface area (Å²) in [6.07, 6.45) is -2.06. The van der Waals surface area contributed by atoms with Gasteiger partial charge >= 0.3 is 0 Å². The minimum absolute atomic E-state index is 0.107. The summed E-state index contributed by atoms with van der Waals surface area (Å²) in [5.41, 5.74) is 8.50. The van der Waals surface area contributed by atoms with Crippen LogP contribution in [0.3, 0.4) is 0 Å². The highest BCUT2D eigenvalue weighted by molar-refractivity contribution is 6.31. The van der Waals surface area contributed by atoms with Gasteiger partial charge < -0.3 is 14.9 Å². The Bertz CT molecular complexity index is 449. The Morgan fingerprint density at radius 1 is 1.50 bits per heavy atom. The Kier molecular flexibility index (Phi) is 5.74. The first kappa shape index (κ1) is 14.6. The summed E-state index contributed by atoms with van der Waals surface area (Å²) in [5, 5.41) is 23.4. The second-order valence-electron chi connectivity index (χ2n) is 3.64. The number of aliphatic hydroxyl groups is 2. The van der Waals surface area contributed by atoms with Crippen LogP contribution in [0.4, 0.5) is 0 Å². The number of benzene rings is 1. The van der Waals surface area contributed by atoms with Crippen molar-refractivity contribution in [3.63, 3.8) is 0 Å². The minimum atomic E-state index is -1.15. The van der Waals surface area contributed by atoms with Gasteiger partial charge in [0.05, 0.1) is 13.2 Å². The molecule has 0 saturated carbocycles. The van der Waals surface area contributed by atoms with Crippen molar-refractivity contribution in [3.05, 3.63) is 39.2 Å². The molecule has 1 aromatic carbocycles. The maximum Gasteiger partial charge on any atom is 0.119 e. The summed E-state index contributed by atoms with van der Waals surface area (Å²) in [6.45, 7) is 0.107. The average molecular weight is 272 g/mol. The summed E-state index contributed by atoms with van der Waals surface area (Å²) in [5.74, 6) is 0.538. The normalized spacial score (nSPS) is 13.6. The zero-order valence-corrected chi connectivity index (χ0v) is 10.6. The van der Waals surface area contributed by atoms with E-state index in [0.29, 0.717) is 16.3 Å². The van der Waals surface area contributed by atoms with Gasteiger partial charge in [0.1, 0.15) is 11.9 Å². The van der Waals surface area contributed by atoms with Crippen LogP contribution >= 0.6 is 11.6 Å². The summed E-state index contributed by atoms with van der Waals surface area (Å²) >= 11 is 5.94. The third-order valence-electron chi connectivity index (χ3n) is 2.47. The lowest BCUT2D eigenvalue weighted by atomic mass is 10.0. The van der Waals surface area contributed by atoms with Crippen molar-refractivity contribution in [3.8, 4) is 5.75 Å². The second-order valence-corrected chi connectivity index (χ2v) is 4.05. The van der Waals surface area contributed by atoms with Crippen LogP contribution in [0.15, 0.2) is 23.3 Å². The molecule has 0 spiro atoms. The van der Waals surface area contributed by atoms with Crippen molar-refractivity contribution in [2.24, 2.45) is 5.11 Å². The summed E-state index contributed by atoms with van der Waals surface area (Å²) in [6, 6.07) is 4.80. The van der Waals surface area contributed by atoms with Gasteiger partial charge in [0.2, 0.25) is 0 Å². The monoisotopic (exact) mass is 271 g/mol. The third-order valence-corrected chi connectivity index (χ3v) is 2.82. The van der Waals surface area contributed by atoms with Crippen molar-refractivity contribution < 1.29 is 14.9 Å². The van der Waals surface area contributed by atoms with Gasteiger partial charge in [0, 0.05) is 22.0 Å². The molecule has 2 N–H and O–H groups in total. The highest BCUT2D eigenvalue weighted by Gasteiger charge is 2.20. The van der Waals surface area contributed by atoms with Crippen LogP contribution in [0.1, 0.15) is 18.1 Å². The van der Waals surface area contributed by atoms with Crippen LogP contribution in [0.5, 0.6) is 5.75 Å². The Morgan fingerprint density at radius 2 is 2.22 bits per heavy atom. The molecule has 18 heavy (non-hydrogen) atoms. The van der Waals surface area contributed by atoms with Gasteiger partial charge in [-0.1, -0.05) is 16.7 Å². The Labute approximate surface area is 109 Å². The molecule has 0 heterocycles. The van der Waals surface area contributed by atoms with E-state index in [1.54, 1.807) is 18.2 Å². The first-order valence-electron chi connectivity index (χ1n) is 5.30. The third kappa shape index (κ3) is 3.78. The summed E-state index contributed by atoms with van der Waals surface area (Å²) in [4.78, 5) is 2.57. The molecule has 1 rings (SSSR count). The summed E-state index contributed by atoms with van der Waals surface area (Å²) < 4.78 is 5.02. The van der Waals surface area contributed by atoms with E-state index < -0.39 is 12.2 Å². The number of aliphatic hydroxyl groups excluding tert-OH is 2. The van der Waals surface area contributed by atoms with Crippen LogP contribution in [0, 0.1) is 0 Å². The Balaban J connectivity index is 2.81. The van der Waals surface area contributed by atoms with Gasteiger partial charge in [-0.2, -0.15) is 0 Å². The van der Waals surface area contributed by atoms with E-state index in [2.05, 4.69) is 10.0 Å². The lowest BCUT2D eigenvalue weighted by molar-refractivity contribution is 0.0150. The number of methoxy groups -OCH3 is 1. The van der Waals surface area contributed by atoms with E-state index in [0.717, 1.165) is 0 Å². The molecular weight excluding hydrogens is 258 g/mol. The second kappa shape index (κ2) is 7.08. The predicted molar refractivity (Wildman–Crippen MR) is 67.6 cm³/mol. The molecular formula is C11H14ClN3O3. The van der Waals surface area contributed by atoms with Crippen molar-refractivity contribution in [1.82, 2.24) is 0 Å². The molecule has 7 heteroatoms. The first-order chi connectivity index (χ1) is 8.60. The molecule has 0 bridgehead atoms. The fourth-order valence-electron chi connectivity index (χ4n) is 1.48. The van der Waals surface area contributed by atoms with E-state index in [1.165, 1.54) is 7.11 Å². The minimum Gasteiger partial charge on any atom is -0.497 e.